The van der Waals surface area contributed by atoms with Crippen molar-refractivity contribution in [2.75, 3.05) is 7.05 Å². The van der Waals surface area contributed by atoms with Crippen molar-refractivity contribution in [3.8, 4) is 11.1 Å². The zero-order chi connectivity index (χ0) is 20.2. The highest BCUT2D eigenvalue weighted by Crippen LogP contribution is 2.19. The first kappa shape index (κ1) is 18.6. The molecule has 0 atom stereocenters. The van der Waals surface area contributed by atoms with Gasteiger partial charge in [0.1, 0.15) is 6.54 Å². The lowest BCUT2D eigenvalue weighted by molar-refractivity contribution is -0.131. The smallest absolute Gasteiger partial charge is 0.275 e. The maximum atomic E-state index is 12.6. The van der Waals surface area contributed by atoms with Crippen LogP contribution in [0.4, 0.5) is 0 Å². The quantitative estimate of drug-likeness (QED) is 0.528. The zero-order valence-electron chi connectivity index (χ0n) is 16.2. The van der Waals surface area contributed by atoms with Crippen LogP contribution in [0.3, 0.4) is 0 Å². The van der Waals surface area contributed by atoms with Crippen molar-refractivity contribution >= 4 is 16.7 Å². The molecule has 1 aromatic heterocycles. The summed E-state index contributed by atoms with van der Waals surface area (Å²) in [6, 6.07) is 25.6. The summed E-state index contributed by atoms with van der Waals surface area (Å²) < 4.78 is 1.22. The molecular weight excluding hydrogens is 362 g/mol. The van der Waals surface area contributed by atoms with Gasteiger partial charge in [-0.3, -0.25) is 9.59 Å². The molecule has 0 spiro atoms. The van der Waals surface area contributed by atoms with Crippen LogP contribution in [0.25, 0.3) is 21.9 Å². The van der Waals surface area contributed by atoms with Gasteiger partial charge >= 0.3 is 0 Å². The third kappa shape index (κ3) is 4.09. The molecule has 4 aromatic rings. The number of likely N-dealkylation sites (N-methyl/N-ethyl adjacent to an activating group) is 1. The number of hydrogen-bond acceptors (Lipinski definition) is 3. The Labute approximate surface area is 168 Å². The van der Waals surface area contributed by atoms with E-state index in [1.54, 1.807) is 30.3 Å². The minimum atomic E-state index is -0.253. The lowest BCUT2D eigenvalue weighted by atomic mass is 10.0. The van der Waals surface area contributed by atoms with Gasteiger partial charge in [0.25, 0.3) is 5.56 Å². The number of aromatic nitrogens is 2. The molecule has 0 aliphatic rings. The number of fused-ring (bicyclic) bond motifs is 1. The fourth-order valence-corrected chi connectivity index (χ4v) is 3.28. The first-order valence-corrected chi connectivity index (χ1v) is 9.45. The standard InChI is InChI=1S/C24H21N3O2/c1-26(16-18-11-13-20(14-12-18)19-7-3-2-4-8-19)23(28)17-27-24(29)22-10-6-5-9-21(22)15-25-27/h2-15H,16-17H2,1H3. The molecule has 5 nitrogen and oxygen atoms in total. The molecule has 0 N–H and O–H groups in total. The lowest BCUT2D eigenvalue weighted by Crippen LogP contribution is -2.34. The average Bonchev–Trinajstić information content (AvgIpc) is 2.77. The van der Waals surface area contributed by atoms with Gasteiger partial charge in [0.2, 0.25) is 5.91 Å². The highest BCUT2D eigenvalue weighted by atomic mass is 16.2. The molecule has 5 heteroatoms. The zero-order valence-corrected chi connectivity index (χ0v) is 16.2. The van der Waals surface area contributed by atoms with E-state index < -0.39 is 0 Å². The number of benzene rings is 3. The maximum absolute atomic E-state index is 12.6. The molecule has 0 aliphatic heterocycles. The Morgan fingerprint density at radius 2 is 1.55 bits per heavy atom. The van der Waals surface area contributed by atoms with Gasteiger partial charge in [-0.15, -0.1) is 0 Å². The third-order valence-electron chi connectivity index (χ3n) is 4.95. The van der Waals surface area contributed by atoms with Crippen LogP contribution < -0.4 is 5.56 Å². The number of nitrogens with zero attached hydrogens (tertiary/aromatic N) is 3. The topological polar surface area (TPSA) is 55.2 Å². The summed E-state index contributed by atoms with van der Waals surface area (Å²) >= 11 is 0. The summed E-state index contributed by atoms with van der Waals surface area (Å²) in [5.74, 6) is -0.165. The molecule has 0 fully saturated rings. The Hall–Kier alpha value is -3.73. The fourth-order valence-electron chi connectivity index (χ4n) is 3.28. The van der Waals surface area contributed by atoms with Gasteiger partial charge in [0, 0.05) is 19.0 Å². The van der Waals surface area contributed by atoms with E-state index in [4.69, 9.17) is 0 Å². The van der Waals surface area contributed by atoms with E-state index in [1.807, 2.05) is 42.5 Å². The fraction of sp³-hybridized carbons (Fsp3) is 0.125. The van der Waals surface area contributed by atoms with Gasteiger partial charge in [-0.05, 0) is 22.8 Å². The van der Waals surface area contributed by atoms with Gasteiger partial charge in [0.05, 0.1) is 11.6 Å². The maximum Gasteiger partial charge on any atom is 0.275 e. The van der Waals surface area contributed by atoms with Crippen molar-refractivity contribution in [2.45, 2.75) is 13.1 Å². The lowest BCUT2D eigenvalue weighted by Gasteiger charge is -2.18. The molecule has 0 aliphatic carbocycles. The predicted octanol–water partition coefficient (Wildman–Crippen LogP) is 3.72. The summed E-state index contributed by atoms with van der Waals surface area (Å²) in [4.78, 5) is 26.8. The van der Waals surface area contributed by atoms with Crippen LogP contribution in [0.5, 0.6) is 0 Å². The summed E-state index contributed by atoms with van der Waals surface area (Å²) in [5, 5.41) is 5.47. The van der Waals surface area contributed by atoms with E-state index in [2.05, 4.69) is 29.4 Å². The van der Waals surface area contributed by atoms with Gasteiger partial charge in [-0.25, -0.2) is 4.68 Å². The summed E-state index contributed by atoms with van der Waals surface area (Å²) in [6.45, 7) is 0.387. The number of rotatable bonds is 5. The predicted molar refractivity (Wildman–Crippen MR) is 114 cm³/mol. The molecule has 1 heterocycles. The van der Waals surface area contributed by atoms with Gasteiger partial charge in [-0.1, -0.05) is 72.8 Å². The first-order chi connectivity index (χ1) is 14.1. The highest BCUT2D eigenvalue weighted by Gasteiger charge is 2.13. The molecule has 0 radical (unpaired) electrons. The van der Waals surface area contributed by atoms with Crippen molar-refractivity contribution < 1.29 is 4.79 Å². The normalized spacial score (nSPS) is 10.8. The molecule has 0 saturated carbocycles. The van der Waals surface area contributed by atoms with Crippen molar-refractivity contribution in [3.05, 3.63) is 101 Å². The van der Waals surface area contributed by atoms with Crippen molar-refractivity contribution in [1.29, 1.82) is 0 Å². The second-order valence-electron chi connectivity index (χ2n) is 7.01. The molecule has 144 valence electrons. The van der Waals surface area contributed by atoms with E-state index in [9.17, 15) is 9.59 Å². The van der Waals surface area contributed by atoms with Crippen LogP contribution >= 0.6 is 0 Å². The van der Waals surface area contributed by atoms with E-state index in [-0.39, 0.29) is 18.0 Å². The van der Waals surface area contributed by atoms with E-state index in [0.717, 1.165) is 22.1 Å². The van der Waals surface area contributed by atoms with Crippen LogP contribution in [0.1, 0.15) is 5.56 Å². The Morgan fingerprint density at radius 1 is 0.897 bits per heavy atom. The van der Waals surface area contributed by atoms with E-state index in [0.29, 0.717) is 11.9 Å². The van der Waals surface area contributed by atoms with E-state index >= 15 is 0 Å². The van der Waals surface area contributed by atoms with Crippen LogP contribution in [-0.2, 0) is 17.9 Å². The molecule has 29 heavy (non-hydrogen) atoms. The second kappa shape index (κ2) is 8.10. The van der Waals surface area contributed by atoms with Gasteiger partial charge < -0.3 is 4.90 Å². The minimum absolute atomic E-state index is 0.0811. The number of carbonyl (C=O) groups excluding carboxylic acids is 1. The highest BCUT2D eigenvalue weighted by molar-refractivity contribution is 5.81. The van der Waals surface area contributed by atoms with Crippen molar-refractivity contribution in [3.63, 3.8) is 0 Å². The monoisotopic (exact) mass is 383 g/mol. The molecule has 3 aromatic carbocycles. The molecular formula is C24H21N3O2. The van der Waals surface area contributed by atoms with Crippen molar-refractivity contribution in [1.82, 2.24) is 14.7 Å². The molecule has 1 amide bonds. The first-order valence-electron chi connectivity index (χ1n) is 9.45. The van der Waals surface area contributed by atoms with Gasteiger partial charge in [-0.2, -0.15) is 5.10 Å². The number of hydrogen-bond donors (Lipinski definition) is 0. The minimum Gasteiger partial charge on any atom is -0.340 e. The number of carbonyl (C=O) groups is 1. The van der Waals surface area contributed by atoms with Crippen LogP contribution in [0.2, 0.25) is 0 Å². The Bertz CT molecular complexity index is 1200. The van der Waals surface area contributed by atoms with Crippen LogP contribution in [0.15, 0.2) is 89.9 Å². The molecule has 0 bridgehead atoms. The van der Waals surface area contributed by atoms with Crippen molar-refractivity contribution in [2.24, 2.45) is 0 Å². The van der Waals surface area contributed by atoms with Crippen LogP contribution in [0, 0.1) is 0 Å². The van der Waals surface area contributed by atoms with Crippen LogP contribution in [-0.4, -0.2) is 27.6 Å². The third-order valence-corrected chi connectivity index (χ3v) is 4.95. The molecule has 4 rings (SSSR count). The molecule has 0 unspecified atom stereocenters. The average molecular weight is 383 g/mol. The Balaban J connectivity index is 1.45. The summed E-state index contributed by atoms with van der Waals surface area (Å²) in [6.07, 6.45) is 1.62. The Kier molecular flexibility index (Phi) is 5.20. The largest absolute Gasteiger partial charge is 0.340 e. The second-order valence-corrected chi connectivity index (χ2v) is 7.01. The molecule has 0 saturated heterocycles. The summed E-state index contributed by atoms with van der Waals surface area (Å²) in [5.41, 5.74) is 3.07. The summed E-state index contributed by atoms with van der Waals surface area (Å²) in [7, 11) is 1.74. The van der Waals surface area contributed by atoms with Gasteiger partial charge in [0.15, 0.2) is 0 Å². The Morgan fingerprint density at radius 3 is 2.31 bits per heavy atom. The SMILES string of the molecule is CN(Cc1ccc(-c2ccccc2)cc1)C(=O)Cn1ncc2ccccc2c1=O. The van der Waals surface area contributed by atoms with E-state index in [1.165, 1.54) is 4.68 Å². The number of amides is 1.